The summed E-state index contributed by atoms with van der Waals surface area (Å²) in [5.41, 5.74) is 1.18. The molecule has 0 radical (unpaired) electrons. The standard InChI is InChI=1S/C16H23N3O3S/c20-16-12-15(17-23(21,22)19-9-4-5-10-19)13-18(16)11-8-14-6-2-1-3-7-14/h1-3,6-7,15,17H,4-5,8-13H2/t15-/m1/s1. The Morgan fingerprint density at radius 1 is 1.13 bits per heavy atom. The van der Waals surface area contributed by atoms with Crippen LogP contribution in [0.5, 0.6) is 0 Å². The number of nitrogens with zero attached hydrogens (tertiary/aromatic N) is 2. The lowest BCUT2D eigenvalue weighted by Gasteiger charge is -2.20. The summed E-state index contributed by atoms with van der Waals surface area (Å²) in [6.45, 7) is 2.24. The lowest BCUT2D eigenvalue weighted by atomic mass is 10.1. The molecule has 7 heteroatoms. The molecule has 0 unspecified atom stereocenters. The van der Waals surface area contributed by atoms with Gasteiger partial charge in [0.15, 0.2) is 0 Å². The van der Waals surface area contributed by atoms with Crippen molar-refractivity contribution in [1.82, 2.24) is 13.9 Å². The molecular weight excluding hydrogens is 314 g/mol. The Hall–Kier alpha value is -1.44. The van der Waals surface area contributed by atoms with Crippen molar-refractivity contribution in [2.24, 2.45) is 0 Å². The molecule has 2 heterocycles. The Bertz CT molecular complexity index is 642. The highest BCUT2D eigenvalue weighted by atomic mass is 32.2. The number of carbonyl (C=O) groups is 1. The van der Waals surface area contributed by atoms with Gasteiger partial charge >= 0.3 is 0 Å². The molecule has 0 saturated carbocycles. The van der Waals surface area contributed by atoms with Crippen molar-refractivity contribution in [3.63, 3.8) is 0 Å². The van der Waals surface area contributed by atoms with Gasteiger partial charge in [-0.25, -0.2) is 0 Å². The lowest BCUT2D eigenvalue weighted by Crippen LogP contribution is -2.45. The zero-order valence-electron chi connectivity index (χ0n) is 13.1. The van der Waals surface area contributed by atoms with Crippen LogP contribution in [0, 0.1) is 0 Å². The second kappa shape index (κ2) is 6.98. The van der Waals surface area contributed by atoms with Crippen molar-refractivity contribution in [2.75, 3.05) is 26.2 Å². The van der Waals surface area contributed by atoms with Gasteiger partial charge in [-0.1, -0.05) is 30.3 Å². The Balaban J connectivity index is 1.53. The molecule has 1 amide bonds. The molecule has 1 aromatic carbocycles. The fourth-order valence-electron chi connectivity index (χ4n) is 3.19. The summed E-state index contributed by atoms with van der Waals surface area (Å²) in [5, 5.41) is 0. The molecule has 1 N–H and O–H groups in total. The van der Waals surface area contributed by atoms with Crippen LogP contribution in [0.1, 0.15) is 24.8 Å². The van der Waals surface area contributed by atoms with Gasteiger partial charge in [-0.2, -0.15) is 17.4 Å². The summed E-state index contributed by atoms with van der Waals surface area (Å²) in [4.78, 5) is 13.8. The van der Waals surface area contributed by atoms with Crippen molar-refractivity contribution < 1.29 is 13.2 Å². The topological polar surface area (TPSA) is 69.7 Å². The largest absolute Gasteiger partial charge is 0.341 e. The molecule has 2 fully saturated rings. The van der Waals surface area contributed by atoms with Crippen LogP contribution in [-0.2, 0) is 21.4 Å². The van der Waals surface area contributed by atoms with Gasteiger partial charge in [-0.15, -0.1) is 0 Å². The molecule has 0 aromatic heterocycles. The van der Waals surface area contributed by atoms with Crippen molar-refractivity contribution in [3.05, 3.63) is 35.9 Å². The summed E-state index contributed by atoms with van der Waals surface area (Å²) in [6.07, 6.45) is 2.86. The van der Waals surface area contributed by atoms with Crippen LogP contribution in [0.2, 0.25) is 0 Å². The molecule has 2 saturated heterocycles. The first-order valence-corrected chi connectivity index (χ1v) is 9.58. The van der Waals surface area contributed by atoms with Gasteiger partial charge in [-0.05, 0) is 24.8 Å². The smallest absolute Gasteiger partial charge is 0.279 e. The molecule has 1 atom stereocenters. The van der Waals surface area contributed by atoms with Crippen LogP contribution in [0.25, 0.3) is 0 Å². The number of carbonyl (C=O) groups excluding carboxylic acids is 1. The van der Waals surface area contributed by atoms with Crippen molar-refractivity contribution in [1.29, 1.82) is 0 Å². The van der Waals surface area contributed by atoms with Gasteiger partial charge in [0.25, 0.3) is 10.2 Å². The maximum atomic E-state index is 12.3. The first-order valence-electron chi connectivity index (χ1n) is 8.14. The molecule has 1 aromatic rings. The fourth-order valence-corrected chi connectivity index (χ4v) is 4.66. The van der Waals surface area contributed by atoms with E-state index in [2.05, 4.69) is 4.72 Å². The Kier molecular flexibility index (Phi) is 4.99. The lowest BCUT2D eigenvalue weighted by molar-refractivity contribution is -0.127. The average molecular weight is 337 g/mol. The van der Waals surface area contributed by atoms with E-state index in [1.807, 2.05) is 30.3 Å². The highest BCUT2D eigenvalue weighted by Crippen LogP contribution is 2.16. The van der Waals surface area contributed by atoms with Crippen LogP contribution >= 0.6 is 0 Å². The summed E-state index contributed by atoms with van der Waals surface area (Å²) < 4.78 is 28.7. The summed E-state index contributed by atoms with van der Waals surface area (Å²) in [5.74, 6) is 0.0232. The third-order valence-electron chi connectivity index (χ3n) is 4.45. The maximum absolute atomic E-state index is 12.3. The number of benzene rings is 1. The second-order valence-electron chi connectivity index (χ2n) is 6.21. The third-order valence-corrected chi connectivity index (χ3v) is 6.12. The zero-order chi connectivity index (χ0) is 16.3. The highest BCUT2D eigenvalue weighted by molar-refractivity contribution is 7.87. The Morgan fingerprint density at radius 3 is 2.52 bits per heavy atom. The molecule has 0 bridgehead atoms. The first kappa shape index (κ1) is 16.4. The van der Waals surface area contributed by atoms with Gasteiger partial charge in [0.2, 0.25) is 5.91 Å². The normalized spacial score (nSPS) is 22.9. The number of rotatable bonds is 6. The predicted octanol–water partition coefficient (Wildman–Crippen LogP) is 0.760. The van der Waals surface area contributed by atoms with Gasteiger partial charge in [0, 0.05) is 38.6 Å². The quantitative estimate of drug-likeness (QED) is 0.833. The molecule has 126 valence electrons. The zero-order valence-corrected chi connectivity index (χ0v) is 14.0. The molecule has 0 aliphatic carbocycles. The second-order valence-corrected chi connectivity index (χ2v) is 7.91. The van der Waals surface area contributed by atoms with E-state index in [-0.39, 0.29) is 18.4 Å². The van der Waals surface area contributed by atoms with Crippen LogP contribution < -0.4 is 4.72 Å². The van der Waals surface area contributed by atoms with E-state index in [0.717, 1.165) is 19.3 Å². The van der Waals surface area contributed by atoms with Gasteiger partial charge < -0.3 is 4.90 Å². The maximum Gasteiger partial charge on any atom is 0.279 e. The van der Waals surface area contributed by atoms with Crippen molar-refractivity contribution in [2.45, 2.75) is 31.7 Å². The summed E-state index contributed by atoms with van der Waals surface area (Å²) in [7, 11) is -3.45. The molecular formula is C16H23N3O3S. The average Bonchev–Trinajstić information content (AvgIpc) is 3.16. The number of hydrogen-bond donors (Lipinski definition) is 1. The van der Waals surface area contributed by atoms with Crippen molar-refractivity contribution in [3.8, 4) is 0 Å². The number of amides is 1. The monoisotopic (exact) mass is 337 g/mol. The first-order chi connectivity index (χ1) is 11.0. The third kappa shape index (κ3) is 4.10. The Labute approximate surface area is 137 Å². The van der Waals surface area contributed by atoms with Gasteiger partial charge in [-0.3, -0.25) is 4.79 Å². The molecule has 23 heavy (non-hydrogen) atoms. The molecule has 3 rings (SSSR count). The minimum Gasteiger partial charge on any atom is -0.341 e. The molecule has 0 spiro atoms. The SMILES string of the molecule is O=C1C[C@@H](NS(=O)(=O)N2CCCC2)CN1CCc1ccccc1. The van der Waals surface area contributed by atoms with E-state index < -0.39 is 10.2 Å². The highest BCUT2D eigenvalue weighted by Gasteiger charge is 2.34. The van der Waals surface area contributed by atoms with E-state index in [4.69, 9.17) is 0 Å². The number of hydrogen-bond acceptors (Lipinski definition) is 3. The van der Waals surface area contributed by atoms with Crippen LogP contribution in [0.15, 0.2) is 30.3 Å². The van der Waals surface area contributed by atoms with E-state index in [0.29, 0.717) is 26.2 Å². The van der Waals surface area contributed by atoms with Gasteiger partial charge in [0.1, 0.15) is 0 Å². The fraction of sp³-hybridized carbons (Fsp3) is 0.562. The number of nitrogens with one attached hydrogen (secondary N) is 1. The van der Waals surface area contributed by atoms with E-state index in [1.165, 1.54) is 9.87 Å². The van der Waals surface area contributed by atoms with Crippen LogP contribution in [0.3, 0.4) is 0 Å². The van der Waals surface area contributed by atoms with Crippen LogP contribution in [0.4, 0.5) is 0 Å². The number of likely N-dealkylation sites (tertiary alicyclic amines) is 1. The van der Waals surface area contributed by atoms with Crippen molar-refractivity contribution >= 4 is 16.1 Å². The molecule has 2 aliphatic rings. The van der Waals surface area contributed by atoms with E-state index in [1.54, 1.807) is 4.90 Å². The molecule has 6 nitrogen and oxygen atoms in total. The van der Waals surface area contributed by atoms with Gasteiger partial charge in [0.05, 0.1) is 0 Å². The summed E-state index contributed by atoms with van der Waals surface area (Å²) in [6, 6.07) is 9.68. The minimum atomic E-state index is -3.45. The minimum absolute atomic E-state index is 0.0232. The van der Waals surface area contributed by atoms with Crippen LogP contribution in [-0.4, -0.2) is 55.8 Å². The summed E-state index contributed by atoms with van der Waals surface area (Å²) >= 11 is 0. The predicted molar refractivity (Wildman–Crippen MR) is 88.0 cm³/mol. The van der Waals surface area contributed by atoms with E-state index in [9.17, 15) is 13.2 Å². The van der Waals surface area contributed by atoms with E-state index >= 15 is 0 Å². The Morgan fingerprint density at radius 2 is 1.83 bits per heavy atom. The molecule has 2 aliphatic heterocycles.